The van der Waals surface area contributed by atoms with Gasteiger partial charge in [-0.15, -0.1) is 22.7 Å². The van der Waals surface area contributed by atoms with Gasteiger partial charge in [0.05, 0.1) is 0 Å². The predicted molar refractivity (Wildman–Crippen MR) is 204 cm³/mol. The van der Waals surface area contributed by atoms with Crippen molar-refractivity contribution in [2.24, 2.45) is 0 Å². The first-order chi connectivity index (χ1) is 22.8. The largest absolute Gasteiger partial charge is 0.143 e. The van der Waals surface area contributed by atoms with Gasteiger partial charge in [0.2, 0.25) is 0 Å². The van der Waals surface area contributed by atoms with Gasteiger partial charge in [0.25, 0.3) is 0 Å². The predicted octanol–water partition coefficient (Wildman–Crippen LogP) is 13.7. The van der Waals surface area contributed by atoms with E-state index in [2.05, 4.69) is 157 Å². The summed E-state index contributed by atoms with van der Waals surface area (Å²) in [7, 11) is 0. The SMILES string of the molecule is c1ccc(-c2csc3cc4sc5cc(-c6c7ccccc7c(-c7cccc8ccccc78)c7ccccc67)ccc5c4cc23)cc1. The second-order valence-corrected chi connectivity index (χ2v) is 14.0. The van der Waals surface area contributed by atoms with E-state index in [1.165, 1.54) is 96.0 Å². The lowest BCUT2D eigenvalue weighted by Gasteiger charge is -2.18. The van der Waals surface area contributed by atoms with Crippen molar-refractivity contribution in [3.05, 3.63) is 157 Å². The zero-order chi connectivity index (χ0) is 30.2. The normalized spacial score (nSPS) is 11.9. The van der Waals surface area contributed by atoms with Crippen LogP contribution in [0.2, 0.25) is 0 Å². The molecule has 0 aliphatic heterocycles. The summed E-state index contributed by atoms with van der Waals surface area (Å²) in [5.41, 5.74) is 7.77. The average molecular weight is 619 g/mol. The standard InChI is InChI=1S/C44H26S2/c1-2-11-28(12-3-1)39-26-45-40-25-42-37(24-38(39)40)31-22-21-29(23-41(31)46-42)43-33-16-6-8-18-35(33)44(36-19-9-7-17-34(36)43)32-20-10-14-27-13-4-5-15-30(27)32/h1-26H. The second-order valence-electron chi connectivity index (χ2n) is 12.0. The van der Waals surface area contributed by atoms with Crippen LogP contribution in [0, 0.1) is 0 Å². The summed E-state index contributed by atoms with van der Waals surface area (Å²) >= 11 is 3.75. The molecule has 0 aliphatic carbocycles. The number of hydrogen-bond acceptors (Lipinski definition) is 2. The molecule has 0 amide bonds. The van der Waals surface area contributed by atoms with Gasteiger partial charge in [-0.3, -0.25) is 0 Å². The molecule has 0 saturated carbocycles. The van der Waals surface area contributed by atoms with E-state index in [4.69, 9.17) is 0 Å². The molecule has 2 heteroatoms. The second kappa shape index (κ2) is 10.1. The van der Waals surface area contributed by atoms with E-state index in [9.17, 15) is 0 Å². The van der Waals surface area contributed by atoms with Crippen molar-refractivity contribution in [3.63, 3.8) is 0 Å². The minimum Gasteiger partial charge on any atom is -0.143 e. The van der Waals surface area contributed by atoms with E-state index in [-0.39, 0.29) is 0 Å². The number of rotatable bonds is 3. The smallest absolute Gasteiger partial charge is 0.0369 e. The van der Waals surface area contributed by atoms with Crippen molar-refractivity contribution in [2.45, 2.75) is 0 Å². The molecule has 0 saturated heterocycles. The molecule has 0 fully saturated rings. The van der Waals surface area contributed by atoms with Crippen molar-refractivity contribution < 1.29 is 0 Å². The molecule has 10 rings (SSSR count). The Morgan fingerprint density at radius 3 is 1.72 bits per heavy atom. The molecular weight excluding hydrogens is 593 g/mol. The van der Waals surface area contributed by atoms with E-state index in [1.54, 1.807) is 0 Å². The summed E-state index contributed by atoms with van der Waals surface area (Å²) in [4.78, 5) is 0. The molecule has 0 nitrogen and oxygen atoms in total. The maximum Gasteiger partial charge on any atom is 0.0369 e. The van der Waals surface area contributed by atoms with Crippen LogP contribution in [0.5, 0.6) is 0 Å². The van der Waals surface area contributed by atoms with Gasteiger partial charge in [-0.2, -0.15) is 0 Å². The third-order valence-corrected chi connectivity index (χ3v) is 11.6. The fourth-order valence-corrected chi connectivity index (χ4v) is 9.70. The summed E-state index contributed by atoms with van der Waals surface area (Å²) < 4.78 is 4.03. The highest BCUT2D eigenvalue weighted by molar-refractivity contribution is 7.26. The van der Waals surface area contributed by atoms with Crippen LogP contribution in [-0.4, -0.2) is 0 Å². The fourth-order valence-electron chi connectivity index (χ4n) is 7.47. The van der Waals surface area contributed by atoms with Gasteiger partial charge in [-0.1, -0.05) is 133 Å². The van der Waals surface area contributed by atoms with Gasteiger partial charge in [-0.05, 0) is 83.7 Å². The zero-order valence-electron chi connectivity index (χ0n) is 24.8. The molecular formula is C44H26S2. The monoisotopic (exact) mass is 618 g/mol. The molecule has 214 valence electrons. The number of hydrogen-bond donors (Lipinski definition) is 0. The lowest BCUT2D eigenvalue weighted by atomic mass is 9.84. The maximum atomic E-state index is 2.43. The molecule has 46 heavy (non-hydrogen) atoms. The van der Waals surface area contributed by atoms with Crippen LogP contribution in [0.1, 0.15) is 0 Å². The Bertz CT molecular complexity index is 2740. The quantitative estimate of drug-likeness (QED) is 0.173. The summed E-state index contributed by atoms with van der Waals surface area (Å²) in [5, 5.41) is 14.0. The Kier molecular flexibility index (Phi) is 5.72. The number of thiophene rings is 2. The molecule has 0 spiro atoms. The van der Waals surface area contributed by atoms with Gasteiger partial charge in [0.1, 0.15) is 0 Å². The molecule has 2 aromatic heterocycles. The van der Waals surface area contributed by atoms with Crippen LogP contribution < -0.4 is 0 Å². The molecule has 0 N–H and O–H groups in total. The Hall–Kier alpha value is -5.28. The van der Waals surface area contributed by atoms with Crippen LogP contribution in [0.3, 0.4) is 0 Å². The van der Waals surface area contributed by atoms with E-state index in [0.29, 0.717) is 0 Å². The molecule has 2 heterocycles. The lowest BCUT2D eigenvalue weighted by Crippen LogP contribution is -1.91. The van der Waals surface area contributed by atoms with Crippen LogP contribution in [0.4, 0.5) is 0 Å². The van der Waals surface area contributed by atoms with Crippen molar-refractivity contribution in [1.82, 2.24) is 0 Å². The molecule has 0 atom stereocenters. The lowest BCUT2D eigenvalue weighted by molar-refractivity contribution is 1.69. The van der Waals surface area contributed by atoms with E-state index in [0.717, 1.165) is 0 Å². The van der Waals surface area contributed by atoms with E-state index < -0.39 is 0 Å². The first-order valence-electron chi connectivity index (χ1n) is 15.7. The summed E-state index contributed by atoms with van der Waals surface area (Å²) in [6, 6.07) is 56.1. The molecule has 8 aromatic carbocycles. The van der Waals surface area contributed by atoms with Crippen LogP contribution in [0.15, 0.2) is 157 Å². The molecule has 0 aliphatic rings. The van der Waals surface area contributed by atoms with Crippen LogP contribution in [0.25, 0.3) is 96.0 Å². The average Bonchev–Trinajstić information content (AvgIpc) is 3.70. The Morgan fingerprint density at radius 2 is 0.957 bits per heavy atom. The van der Waals surface area contributed by atoms with Gasteiger partial charge in [0, 0.05) is 35.8 Å². The van der Waals surface area contributed by atoms with Gasteiger partial charge < -0.3 is 0 Å². The zero-order valence-corrected chi connectivity index (χ0v) is 26.5. The van der Waals surface area contributed by atoms with Crippen molar-refractivity contribution in [2.75, 3.05) is 0 Å². The first-order valence-corrected chi connectivity index (χ1v) is 17.4. The minimum absolute atomic E-state index is 1.27. The van der Waals surface area contributed by atoms with Crippen LogP contribution in [-0.2, 0) is 0 Å². The van der Waals surface area contributed by atoms with E-state index >= 15 is 0 Å². The Balaban J connectivity index is 1.22. The van der Waals surface area contributed by atoms with Crippen molar-refractivity contribution >= 4 is 85.2 Å². The topological polar surface area (TPSA) is 0 Å². The van der Waals surface area contributed by atoms with E-state index in [1.807, 2.05) is 22.7 Å². The third-order valence-electron chi connectivity index (χ3n) is 9.53. The van der Waals surface area contributed by atoms with Gasteiger partial charge in [-0.25, -0.2) is 0 Å². The fraction of sp³-hybridized carbons (Fsp3) is 0. The van der Waals surface area contributed by atoms with Gasteiger partial charge in [0.15, 0.2) is 0 Å². The third kappa shape index (κ3) is 3.84. The maximum absolute atomic E-state index is 2.43. The highest BCUT2D eigenvalue weighted by Crippen LogP contribution is 2.47. The van der Waals surface area contributed by atoms with Crippen LogP contribution >= 0.6 is 22.7 Å². The minimum atomic E-state index is 1.27. The summed E-state index contributed by atoms with van der Waals surface area (Å²) in [6.45, 7) is 0. The van der Waals surface area contributed by atoms with Gasteiger partial charge >= 0.3 is 0 Å². The first kappa shape index (κ1) is 26.0. The molecule has 0 bridgehead atoms. The number of benzene rings is 8. The highest BCUT2D eigenvalue weighted by Gasteiger charge is 2.19. The number of fused-ring (bicyclic) bond motifs is 7. The van der Waals surface area contributed by atoms with Crippen molar-refractivity contribution in [1.29, 1.82) is 0 Å². The van der Waals surface area contributed by atoms with Crippen molar-refractivity contribution in [3.8, 4) is 33.4 Å². The Morgan fingerprint density at radius 1 is 0.326 bits per heavy atom. The summed E-state index contributed by atoms with van der Waals surface area (Å²) in [6.07, 6.45) is 0. The molecule has 10 aromatic rings. The molecule has 0 radical (unpaired) electrons. The highest BCUT2D eigenvalue weighted by atomic mass is 32.1. The summed E-state index contributed by atoms with van der Waals surface area (Å²) in [5.74, 6) is 0. The Labute approximate surface area is 274 Å². The molecule has 0 unspecified atom stereocenters.